The van der Waals surface area contributed by atoms with Crippen LogP contribution in [0.25, 0.3) is 32.9 Å². The molecule has 3 aliphatic heterocycles. The fraction of sp³-hybridized carbons (Fsp3) is 0.604. The van der Waals surface area contributed by atoms with Crippen LogP contribution in [-0.2, 0) is 0 Å². The van der Waals surface area contributed by atoms with Crippen molar-refractivity contribution in [1.82, 2.24) is 25.2 Å². The van der Waals surface area contributed by atoms with Crippen molar-refractivity contribution in [3.05, 3.63) is 53.4 Å². The van der Waals surface area contributed by atoms with Crippen LogP contribution in [0.5, 0.6) is 17.6 Å². The van der Waals surface area contributed by atoms with Crippen molar-refractivity contribution in [2.24, 2.45) is 5.41 Å². The van der Waals surface area contributed by atoms with Gasteiger partial charge < -0.3 is 29.0 Å². The van der Waals surface area contributed by atoms with E-state index in [0.29, 0.717) is 87.9 Å². The number of rotatable bonds is 14. The fourth-order valence-electron chi connectivity index (χ4n) is 12.6. The van der Waals surface area contributed by atoms with E-state index in [1.165, 1.54) is 13.2 Å². The second-order valence-electron chi connectivity index (χ2n) is 21.9. The molecular weight excluding hydrogens is 882 g/mol. The Hall–Kier alpha value is -4.17. The van der Waals surface area contributed by atoms with Crippen LogP contribution in [0.15, 0.2) is 36.2 Å². The Morgan fingerprint density at radius 1 is 0.866 bits per heavy atom. The molecule has 0 aliphatic carbocycles. The lowest BCUT2D eigenvalue weighted by atomic mass is 9.78. The Morgan fingerprint density at radius 2 is 1.49 bits per heavy atom. The van der Waals surface area contributed by atoms with Gasteiger partial charge >= 0.3 is 6.01 Å². The highest BCUT2D eigenvalue weighted by molar-refractivity contribution is 6.90. The molecule has 0 radical (unpaired) electrons. The first-order valence-electron chi connectivity index (χ1n) is 24.7. The summed E-state index contributed by atoms with van der Waals surface area (Å²) < 4.78 is 69.5. The van der Waals surface area contributed by atoms with Crippen molar-refractivity contribution in [3.63, 3.8) is 0 Å². The van der Waals surface area contributed by atoms with Crippen LogP contribution in [0, 0.1) is 28.5 Å². The monoisotopic (exact) mass is 957 g/mol. The molecule has 0 amide bonds. The zero-order valence-electron chi connectivity index (χ0n) is 42.8. The second-order valence-corrected chi connectivity index (χ2v) is 32.9. The summed E-state index contributed by atoms with van der Waals surface area (Å²) in [7, 11) is -1.39. The molecule has 14 heteroatoms. The van der Waals surface area contributed by atoms with Crippen molar-refractivity contribution in [1.29, 1.82) is 0 Å². The number of piperazine rings is 1. The molecule has 3 aliphatic rings. The average Bonchev–Trinajstić information content (AvgIpc) is 3.61. The van der Waals surface area contributed by atoms with Gasteiger partial charge in [-0.15, -0.1) is 5.54 Å². The molecule has 2 aromatic carbocycles. The van der Waals surface area contributed by atoms with Crippen molar-refractivity contribution in [3.8, 4) is 40.4 Å². The number of anilines is 1. The third kappa shape index (κ3) is 9.23. The number of benzene rings is 2. The molecule has 9 nitrogen and oxygen atoms in total. The smallest absolute Gasteiger partial charge is 0.319 e. The lowest BCUT2D eigenvalue weighted by Gasteiger charge is -2.42. The number of pyridine rings is 1. The van der Waals surface area contributed by atoms with Gasteiger partial charge in [-0.2, -0.15) is 9.97 Å². The van der Waals surface area contributed by atoms with E-state index in [0.717, 1.165) is 19.4 Å². The molecule has 0 spiro atoms. The summed E-state index contributed by atoms with van der Waals surface area (Å²) in [5.41, 5.74) is 5.82. The Bertz CT molecular complexity index is 2520. The van der Waals surface area contributed by atoms with Gasteiger partial charge in [0.15, 0.2) is 5.82 Å². The van der Waals surface area contributed by atoms with E-state index in [1.54, 1.807) is 6.07 Å². The maximum absolute atomic E-state index is 18.4. The molecule has 1 N–H and O–H groups in total. The lowest BCUT2D eigenvalue weighted by molar-refractivity contribution is 0.109. The standard InChI is InChI=1S/C53H75F3N6O3Si2/c1-31(2)66(32(3)4,33(5)6)23-21-42-44(55)19-16-37-24-41(65-67(34(7)8,35(9)10)36(11)12)25-43(45(37)42)48-47(56)49-46(51(58-48)63-15)50(62-27-39-17-18-40(28-62)57-39)60-52(59-49)64-30-53(13)29-61(14)22-20-38(53)26-54/h16,19,24-26,31-36,39-40,57H,17-18,20,22,27-30H2,1-15H3/b38-26+/t39?,40?,53-/m0/s1. The molecule has 4 aromatic rings. The number of likely N-dealkylation sites (tertiary alicyclic amines) is 1. The number of aromatic nitrogens is 3. The molecule has 3 fully saturated rings. The Morgan fingerprint density at radius 3 is 2.06 bits per heavy atom. The van der Waals surface area contributed by atoms with Crippen molar-refractivity contribution < 1.29 is 27.1 Å². The molecule has 364 valence electrons. The van der Waals surface area contributed by atoms with Gasteiger partial charge in [0.1, 0.15) is 48.7 Å². The zero-order chi connectivity index (χ0) is 48.9. The van der Waals surface area contributed by atoms with Crippen LogP contribution >= 0.6 is 0 Å². The molecule has 2 bridgehead atoms. The largest absolute Gasteiger partial charge is 0.543 e. The molecule has 2 unspecified atom stereocenters. The number of piperidine rings is 1. The molecule has 5 heterocycles. The van der Waals surface area contributed by atoms with Gasteiger partial charge in [-0.1, -0.05) is 102 Å². The first-order valence-corrected chi connectivity index (χ1v) is 29.0. The zero-order valence-corrected chi connectivity index (χ0v) is 44.8. The van der Waals surface area contributed by atoms with Crippen LogP contribution in [0.1, 0.15) is 115 Å². The topological polar surface area (TPSA) is 84.9 Å². The molecule has 3 saturated heterocycles. The number of nitrogens with one attached hydrogen (secondary N) is 1. The van der Waals surface area contributed by atoms with E-state index in [2.05, 4.69) is 110 Å². The predicted octanol–water partition coefficient (Wildman–Crippen LogP) is 12.8. The van der Waals surface area contributed by atoms with Crippen LogP contribution in [0.3, 0.4) is 0 Å². The Kier molecular flexibility index (Phi) is 14.9. The van der Waals surface area contributed by atoms with E-state index in [9.17, 15) is 4.39 Å². The highest BCUT2D eigenvalue weighted by Crippen LogP contribution is 2.48. The number of nitrogens with zero attached hydrogens (tertiary/aromatic N) is 5. The third-order valence-corrected chi connectivity index (χ3v) is 28.1. The first kappa shape index (κ1) is 50.7. The van der Waals surface area contributed by atoms with Gasteiger partial charge in [-0.05, 0) is 88.7 Å². The van der Waals surface area contributed by atoms with Gasteiger partial charge in [0.25, 0.3) is 8.32 Å². The summed E-state index contributed by atoms with van der Waals surface area (Å²) >= 11 is 0. The molecular formula is C53H75F3N6O3Si2. The van der Waals surface area contributed by atoms with Crippen molar-refractivity contribution in [2.75, 3.05) is 51.8 Å². The predicted molar refractivity (Wildman–Crippen MR) is 273 cm³/mol. The van der Waals surface area contributed by atoms with E-state index in [-0.39, 0.29) is 64.0 Å². The minimum Gasteiger partial charge on any atom is -0.543 e. The van der Waals surface area contributed by atoms with Crippen molar-refractivity contribution >= 4 is 43.9 Å². The van der Waals surface area contributed by atoms with Gasteiger partial charge in [0, 0.05) is 54.6 Å². The normalized spacial score (nSPS) is 21.3. The van der Waals surface area contributed by atoms with E-state index in [4.69, 9.17) is 28.9 Å². The summed E-state index contributed by atoms with van der Waals surface area (Å²) in [5.74, 6) is 3.36. The van der Waals surface area contributed by atoms with Gasteiger partial charge in [0.2, 0.25) is 5.88 Å². The van der Waals surface area contributed by atoms with E-state index >= 15 is 8.78 Å². The molecule has 67 heavy (non-hydrogen) atoms. The lowest BCUT2D eigenvalue weighted by Crippen LogP contribution is -2.51. The Labute approximate surface area is 400 Å². The molecule has 7 rings (SSSR count). The number of fused-ring (bicyclic) bond motifs is 4. The summed E-state index contributed by atoms with van der Waals surface area (Å²) in [6, 6.07) is 7.42. The quantitative estimate of drug-likeness (QED) is 0.0981. The average molecular weight is 957 g/mol. The Balaban J connectivity index is 1.54. The second kappa shape index (κ2) is 19.7. The molecule has 3 atom stereocenters. The minimum atomic E-state index is -2.55. The third-order valence-electron chi connectivity index (χ3n) is 15.8. The number of ether oxygens (including phenoxy) is 2. The first-order chi connectivity index (χ1) is 31.6. The van der Waals surface area contributed by atoms with E-state index in [1.807, 2.05) is 26.1 Å². The highest BCUT2D eigenvalue weighted by atomic mass is 28.4. The minimum absolute atomic E-state index is 0.0300. The summed E-state index contributed by atoms with van der Waals surface area (Å²) in [6.07, 6.45) is 3.29. The number of methoxy groups -OCH3 is 1. The van der Waals surface area contributed by atoms with E-state index < -0.39 is 33.4 Å². The van der Waals surface area contributed by atoms with Crippen molar-refractivity contribution in [2.45, 2.75) is 155 Å². The number of halogens is 3. The summed E-state index contributed by atoms with van der Waals surface area (Å²) in [5, 5.41) is 5.11. The van der Waals surface area contributed by atoms with Crippen LogP contribution in [0.2, 0.25) is 33.2 Å². The van der Waals surface area contributed by atoms with Gasteiger partial charge in [-0.3, -0.25) is 0 Å². The maximum Gasteiger partial charge on any atom is 0.319 e. The summed E-state index contributed by atoms with van der Waals surface area (Å²) in [4.78, 5) is 19.2. The molecule has 0 saturated carbocycles. The molecule has 2 aromatic heterocycles. The summed E-state index contributed by atoms with van der Waals surface area (Å²) in [6.45, 7) is 31.4. The maximum atomic E-state index is 18.4. The van der Waals surface area contributed by atoms with Gasteiger partial charge in [0.05, 0.1) is 19.0 Å². The number of hydrogen-bond acceptors (Lipinski definition) is 9. The fourth-order valence-corrected chi connectivity index (χ4v) is 23.0. The van der Waals surface area contributed by atoms with Crippen LogP contribution in [-0.4, -0.2) is 95.3 Å². The van der Waals surface area contributed by atoms with Crippen LogP contribution < -0.4 is 24.1 Å². The highest BCUT2D eigenvalue weighted by Gasteiger charge is 2.47. The van der Waals surface area contributed by atoms with Crippen LogP contribution in [0.4, 0.5) is 19.0 Å². The number of hydrogen-bond donors (Lipinski definition) is 1. The SMILES string of the molecule is COc1nc(-c2cc(O[Si](C(C)C)(C(C)C)C(C)C)cc3ccc(F)c(C#C[Si](C(C)C)(C(C)C)C(C)C)c23)c(F)c2nc(OC[C@]3(C)CN(C)CC/C3=C\F)nc(N3CC4CCC(C3)N4)c12. The van der Waals surface area contributed by atoms with Gasteiger partial charge in [-0.25, -0.2) is 18.2 Å².